The zero-order valence-electron chi connectivity index (χ0n) is 21.4. The van der Waals surface area contributed by atoms with Gasteiger partial charge in [-0.25, -0.2) is 4.39 Å². The van der Waals surface area contributed by atoms with Gasteiger partial charge in [0.05, 0.1) is 19.8 Å². The minimum absolute atomic E-state index is 0.00667. The number of methoxy groups -OCH3 is 2. The van der Waals surface area contributed by atoms with Crippen molar-refractivity contribution in [2.24, 2.45) is 0 Å². The number of anilines is 1. The summed E-state index contributed by atoms with van der Waals surface area (Å²) < 4.78 is 69.8. The van der Waals surface area contributed by atoms with Crippen LogP contribution in [-0.2, 0) is 22.2 Å². The van der Waals surface area contributed by atoms with E-state index in [1.54, 1.807) is 24.3 Å². The summed E-state index contributed by atoms with van der Waals surface area (Å²) in [5.41, 5.74) is -0.451. The molecule has 4 rings (SSSR count). The summed E-state index contributed by atoms with van der Waals surface area (Å²) in [6, 6.07) is 17.0. The molecule has 0 saturated carbocycles. The molecule has 0 unspecified atom stereocenters. The van der Waals surface area contributed by atoms with Crippen molar-refractivity contribution in [1.29, 1.82) is 0 Å². The Morgan fingerprint density at radius 1 is 0.800 bits per heavy atom. The van der Waals surface area contributed by atoms with Gasteiger partial charge in [-0.3, -0.25) is 9.59 Å². The second-order valence-corrected chi connectivity index (χ2v) is 8.59. The molecule has 0 aliphatic carbocycles. The standard InChI is InChI=1S/C29H24F4N2O5/c1-38-25-14-18-6-4-8-23(21(18)16-26(25)39-2)40-24-10-9-20(15-22(24)30)35-28(37)27(36)34-12-11-17-5-3-7-19(13-17)29(31,32)33/h3-10,13-16H,11-12H2,1-2H3,(H,34,36)(H,35,37). The Bertz CT molecular complexity index is 1560. The molecule has 0 bridgehead atoms. The van der Waals surface area contributed by atoms with E-state index in [0.717, 1.165) is 23.6 Å². The zero-order valence-corrected chi connectivity index (χ0v) is 21.4. The quantitative estimate of drug-likeness (QED) is 0.202. The number of halogens is 4. The topological polar surface area (TPSA) is 85.9 Å². The number of hydrogen-bond acceptors (Lipinski definition) is 5. The Hall–Kier alpha value is -4.80. The fourth-order valence-corrected chi connectivity index (χ4v) is 3.94. The number of carbonyl (C=O) groups excluding carboxylic acids is 2. The number of nitrogens with one attached hydrogen (secondary N) is 2. The molecule has 4 aromatic carbocycles. The van der Waals surface area contributed by atoms with Crippen LogP contribution in [0.2, 0.25) is 0 Å². The van der Waals surface area contributed by atoms with Gasteiger partial charge >= 0.3 is 18.0 Å². The van der Waals surface area contributed by atoms with Gasteiger partial charge in [0.1, 0.15) is 5.75 Å². The van der Waals surface area contributed by atoms with Gasteiger partial charge in [0.15, 0.2) is 23.1 Å². The van der Waals surface area contributed by atoms with Crippen LogP contribution in [0.25, 0.3) is 10.8 Å². The molecule has 11 heteroatoms. The average molecular weight is 557 g/mol. The summed E-state index contributed by atoms with van der Waals surface area (Å²) in [4.78, 5) is 24.4. The Morgan fingerprint density at radius 2 is 1.52 bits per heavy atom. The van der Waals surface area contributed by atoms with E-state index >= 15 is 0 Å². The van der Waals surface area contributed by atoms with E-state index in [9.17, 15) is 27.2 Å². The summed E-state index contributed by atoms with van der Waals surface area (Å²) in [6.45, 7) is -0.0730. The molecule has 0 radical (unpaired) electrons. The fourth-order valence-electron chi connectivity index (χ4n) is 3.94. The van der Waals surface area contributed by atoms with Crippen molar-refractivity contribution in [3.05, 3.63) is 89.7 Å². The fraction of sp³-hybridized carbons (Fsp3) is 0.172. The first-order valence-electron chi connectivity index (χ1n) is 12.0. The molecule has 0 heterocycles. The Labute approximate surface area is 226 Å². The lowest BCUT2D eigenvalue weighted by Gasteiger charge is -2.14. The van der Waals surface area contributed by atoms with Crippen LogP contribution < -0.4 is 24.8 Å². The van der Waals surface area contributed by atoms with Gasteiger partial charge in [0.2, 0.25) is 0 Å². The maximum absolute atomic E-state index is 14.9. The molecule has 208 valence electrons. The van der Waals surface area contributed by atoms with Gasteiger partial charge in [-0.15, -0.1) is 0 Å². The van der Waals surface area contributed by atoms with Gasteiger partial charge < -0.3 is 24.8 Å². The van der Waals surface area contributed by atoms with E-state index in [1.165, 1.54) is 38.5 Å². The first kappa shape index (κ1) is 28.2. The van der Waals surface area contributed by atoms with Crippen LogP contribution in [0.1, 0.15) is 11.1 Å². The molecule has 2 amide bonds. The summed E-state index contributed by atoms with van der Waals surface area (Å²) in [7, 11) is 3.01. The molecule has 0 aromatic heterocycles. The number of amides is 2. The number of hydrogen-bond donors (Lipinski definition) is 2. The van der Waals surface area contributed by atoms with Crippen LogP contribution >= 0.6 is 0 Å². The highest BCUT2D eigenvalue weighted by Crippen LogP contribution is 2.38. The molecule has 40 heavy (non-hydrogen) atoms. The SMILES string of the molecule is COc1cc2cccc(Oc3ccc(NC(=O)C(=O)NCCc4cccc(C(F)(F)F)c4)cc3F)c2cc1OC. The van der Waals surface area contributed by atoms with E-state index in [-0.39, 0.29) is 24.4 Å². The molecular formula is C29H24F4N2O5. The highest BCUT2D eigenvalue weighted by molar-refractivity contribution is 6.39. The highest BCUT2D eigenvalue weighted by Gasteiger charge is 2.30. The molecule has 0 spiro atoms. The van der Waals surface area contributed by atoms with E-state index < -0.39 is 29.4 Å². The molecule has 4 aromatic rings. The molecule has 0 aliphatic rings. The van der Waals surface area contributed by atoms with Crippen molar-refractivity contribution in [3.63, 3.8) is 0 Å². The Kier molecular flexibility index (Phi) is 8.42. The van der Waals surface area contributed by atoms with Crippen LogP contribution in [0.15, 0.2) is 72.8 Å². The minimum Gasteiger partial charge on any atom is -0.493 e. The molecular weight excluding hydrogens is 532 g/mol. The maximum Gasteiger partial charge on any atom is 0.416 e. The lowest BCUT2D eigenvalue weighted by atomic mass is 10.1. The third kappa shape index (κ3) is 6.60. The number of rotatable bonds is 8. The normalized spacial score (nSPS) is 11.2. The van der Waals surface area contributed by atoms with Crippen LogP contribution in [0, 0.1) is 5.82 Å². The van der Waals surface area contributed by atoms with Gasteiger partial charge in [0.25, 0.3) is 0 Å². The molecule has 0 fully saturated rings. The monoisotopic (exact) mass is 556 g/mol. The summed E-state index contributed by atoms with van der Waals surface area (Å²) in [5.74, 6) is -1.64. The van der Waals surface area contributed by atoms with Crippen LogP contribution in [0.4, 0.5) is 23.2 Å². The number of fused-ring (bicyclic) bond motifs is 1. The average Bonchev–Trinajstić information content (AvgIpc) is 2.93. The number of alkyl halides is 3. The second-order valence-electron chi connectivity index (χ2n) is 8.59. The molecule has 0 atom stereocenters. The largest absolute Gasteiger partial charge is 0.493 e. The molecule has 0 aliphatic heterocycles. The smallest absolute Gasteiger partial charge is 0.416 e. The molecule has 7 nitrogen and oxygen atoms in total. The van der Waals surface area contributed by atoms with Crippen molar-refractivity contribution in [2.75, 3.05) is 26.1 Å². The van der Waals surface area contributed by atoms with E-state index in [1.807, 2.05) is 6.07 Å². The molecule has 0 saturated heterocycles. The Balaban J connectivity index is 1.38. The van der Waals surface area contributed by atoms with Gasteiger partial charge in [-0.2, -0.15) is 13.2 Å². The highest BCUT2D eigenvalue weighted by atomic mass is 19.4. The first-order chi connectivity index (χ1) is 19.1. The number of carbonyl (C=O) groups is 2. The zero-order chi connectivity index (χ0) is 28.9. The van der Waals surface area contributed by atoms with Crippen molar-refractivity contribution in [1.82, 2.24) is 5.32 Å². The lowest BCUT2D eigenvalue weighted by molar-refractivity contribution is -0.137. The summed E-state index contributed by atoms with van der Waals surface area (Å²) in [5, 5.41) is 6.04. The molecule has 2 N–H and O–H groups in total. The van der Waals surface area contributed by atoms with Gasteiger partial charge in [-0.1, -0.05) is 30.3 Å². The van der Waals surface area contributed by atoms with E-state index in [2.05, 4.69) is 10.6 Å². The number of benzene rings is 4. The minimum atomic E-state index is -4.48. The van der Waals surface area contributed by atoms with Crippen LogP contribution in [-0.4, -0.2) is 32.6 Å². The third-order valence-electron chi connectivity index (χ3n) is 5.91. The van der Waals surface area contributed by atoms with Crippen molar-refractivity contribution in [3.8, 4) is 23.0 Å². The van der Waals surface area contributed by atoms with Crippen LogP contribution in [0.5, 0.6) is 23.0 Å². The van der Waals surface area contributed by atoms with Crippen LogP contribution in [0.3, 0.4) is 0 Å². The van der Waals surface area contributed by atoms with E-state index in [0.29, 0.717) is 28.2 Å². The second kappa shape index (κ2) is 11.9. The van der Waals surface area contributed by atoms with Gasteiger partial charge in [-0.05, 0) is 53.8 Å². The predicted molar refractivity (Wildman–Crippen MR) is 140 cm³/mol. The Morgan fingerprint density at radius 3 is 2.23 bits per heavy atom. The third-order valence-corrected chi connectivity index (χ3v) is 5.91. The summed E-state index contributed by atoms with van der Waals surface area (Å²) in [6.07, 6.45) is -4.40. The summed E-state index contributed by atoms with van der Waals surface area (Å²) >= 11 is 0. The van der Waals surface area contributed by atoms with Crippen molar-refractivity contribution >= 4 is 28.3 Å². The van der Waals surface area contributed by atoms with Crippen molar-refractivity contribution < 1.29 is 41.4 Å². The first-order valence-corrected chi connectivity index (χ1v) is 12.0. The van der Waals surface area contributed by atoms with Crippen molar-refractivity contribution in [2.45, 2.75) is 12.6 Å². The lowest BCUT2D eigenvalue weighted by Crippen LogP contribution is -2.36. The maximum atomic E-state index is 14.9. The predicted octanol–water partition coefficient (Wildman–Crippen LogP) is 6.10. The number of ether oxygens (including phenoxy) is 3. The van der Waals surface area contributed by atoms with E-state index in [4.69, 9.17) is 14.2 Å². The van der Waals surface area contributed by atoms with Gasteiger partial charge in [0, 0.05) is 23.7 Å².